The van der Waals surface area contributed by atoms with Gasteiger partial charge in [-0.2, -0.15) is 0 Å². The van der Waals surface area contributed by atoms with Gasteiger partial charge in [0, 0.05) is 5.69 Å². The first-order valence-electron chi connectivity index (χ1n) is 3.45. The number of rotatable bonds is 0. The number of aryl methyl sites for hydroxylation is 1. The lowest BCUT2D eigenvalue weighted by molar-refractivity contribution is 1.12. The Morgan fingerprint density at radius 3 is 2.27 bits per heavy atom. The number of halogens is 1. The van der Waals surface area contributed by atoms with Crippen molar-refractivity contribution in [2.45, 2.75) is 20.8 Å². The van der Waals surface area contributed by atoms with Crippen LogP contribution in [0.4, 0.5) is 5.95 Å². The van der Waals surface area contributed by atoms with Gasteiger partial charge in [-0.15, -0.1) is 0 Å². The van der Waals surface area contributed by atoms with Crippen LogP contribution in [0.1, 0.15) is 19.5 Å². The fraction of sp³-hybridized carbons (Fsp3) is 0.429. The Bertz CT molecular complexity index is 174. The molecule has 0 atom stereocenters. The summed E-state index contributed by atoms with van der Waals surface area (Å²) in [5.41, 5.74) is 6.04. The standard InChI is InChI=1S/C5H6ClN3.C2H6/c1-3-2-4(6)9-5(7)8-3;1-2/h2H,1H3,(H2,7,8,9);1-2H3. The van der Waals surface area contributed by atoms with Gasteiger partial charge in [-0.05, 0) is 13.0 Å². The van der Waals surface area contributed by atoms with Crippen molar-refractivity contribution in [1.82, 2.24) is 9.97 Å². The van der Waals surface area contributed by atoms with Gasteiger partial charge in [-0.25, -0.2) is 9.97 Å². The summed E-state index contributed by atoms with van der Waals surface area (Å²) >= 11 is 5.52. The summed E-state index contributed by atoms with van der Waals surface area (Å²) in [5, 5.41) is 0.389. The summed E-state index contributed by atoms with van der Waals surface area (Å²) in [6.07, 6.45) is 0. The van der Waals surface area contributed by atoms with Gasteiger partial charge in [-0.1, -0.05) is 25.4 Å². The van der Waals surface area contributed by atoms with E-state index in [9.17, 15) is 0 Å². The third-order valence-corrected chi connectivity index (χ3v) is 1.03. The Balaban J connectivity index is 0.000000461. The van der Waals surface area contributed by atoms with Crippen molar-refractivity contribution >= 4 is 17.5 Å². The maximum atomic E-state index is 5.52. The summed E-state index contributed by atoms with van der Waals surface area (Å²) in [5.74, 6) is 0.222. The van der Waals surface area contributed by atoms with Crippen molar-refractivity contribution in [3.8, 4) is 0 Å². The fourth-order valence-corrected chi connectivity index (χ4v) is 0.797. The lowest BCUT2D eigenvalue weighted by Crippen LogP contribution is -1.95. The van der Waals surface area contributed by atoms with Crippen LogP contribution < -0.4 is 5.73 Å². The summed E-state index contributed by atoms with van der Waals surface area (Å²) in [6, 6.07) is 1.65. The molecule has 0 spiro atoms. The van der Waals surface area contributed by atoms with Crippen LogP contribution in [0.3, 0.4) is 0 Å². The first-order valence-corrected chi connectivity index (χ1v) is 3.83. The molecular formula is C7H12ClN3. The number of hydrogen-bond donors (Lipinski definition) is 1. The van der Waals surface area contributed by atoms with Crippen molar-refractivity contribution in [1.29, 1.82) is 0 Å². The molecule has 62 valence electrons. The van der Waals surface area contributed by atoms with Crippen LogP contribution in [0.25, 0.3) is 0 Å². The van der Waals surface area contributed by atoms with E-state index in [2.05, 4.69) is 9.97 Å². The number of nitrogen functional groups attached to an aromatic ring is 1. The van der Waals surface area contributed by atoms with Gasteiger partial charge in [-0.3, -0.25) is 0 Å². The second-order valence-electron chi connectivity index (χ2n) is 1.69. The Kier molecular flexibility index (Phi) is 4.54. The molecule has 1 heterocycles. The minimum Gasteiger partial charge on any atom is -0.368 e. The number of anilines is 1. The second-order valence-corrected chi connectivity index (χ2v) is 2.08. The van der Waals surface area contributed by atoms with Crippen LogP contribution >= 0.6 is 11.6 Å². The molecule has 4 heteroatoms. The molecule has 11 heavy (non-hydrogen) atoms. The highest BCUT2D eigenvalue weighted by molar-refractivity contribution is 6.29. The number of hydrogen-bond acceptors (Lipinski definition) is 3. The van der Waals surface area contributed by atoms with E-state index < -0.39 is 0 Å². The van der Waals surface area contributed by atoms with Crippen LogP contribution in [0.15, 0.2) is 6.07 Å². The number of nitrogens with zero attached hydrogens (tertiary/aromatic N) is 2. The van der Waals surface area contributed by atoms with Crippen LogP contribution in [-0.2, 0) is 0 Å². The molecule has 0 unspecified atom stereocenters. The minimum absolute atomic E-state index is 0.222. The van der Waals surface area contributed by atoms with Gasteiger partial charge in [0.15, 0.2) is 0 Å². The average molecular weight is 174 g/mol. The molecule has 1 rings (SSSR count). The summed E-state index contributed by atoms with van der Waals surface area (Å²) in [7, 11) is 0. The molecule has 0 aliphatic carbocycles. The predicted octanol–water partition coefficient (Wildman–Crippen LogP) is 2.05. The van der Waals surface area contributed by atoms with Gasteiger partial charge in [0.1, 0.15) is 5.15 Å². The Hall–Kier alpha value is -0.830. The smallest absolute Gasteiger partial charge is 0.221 e. The van der Waals surface area contributed by atoms with E-state index >= 15 is 0 Å². The van der Waals surface area contributed by atoms with E-state index in [0.29, 0.717) is 5.15 Å². The summed E-state index contributed by atoms with van der Waals surface area (Å²) in [6.45, 7) is 5.81. The monoisotopic (exact) mass is 173 g/mol. The molecule has 0 saturated heterocycles. The fourth-order valence-electron chi connectivity index (χ4n) is 0.552. The predicted molar refractivity (Wildman–Crippen MR) is 47.5 cm³/mol. The van der Waals surface area contributed by atoms with E-state index in [1.54, 1.807) is 6.07 Å². The van der Waals surface area contributed by atoms with Crippen molar-refractivity contribution in [3.05, 3.63) is 16.9 Å². The molecule has 0 fully saturated rings. The lowest BCUT2D eigenvalue weighted by Gasteiger charge is -1.93. The minimum atomic E-state index is 0.222. The van der Waals surface area contributed by atoms with E-state index in [1.807, 2.05) is 20.8 Å². The third kappa shape index (κ3) is 3.78. The zero-order chi connectivity index (χ0) is 8.85. The van der Waals surface area contributed by atoms with Gasteiger partial charge < -0.3 is 5.73 Å². The molecule has 0 bridgehead atoms. The zero-order valence-corrected chi connectivity index (χ0v) is 7.68. The topological polar surface area (TPSA) is 51.8 Å². The highest BCUT2D eigenvalue weighted by atomic mass is 35.5. The molecule has 0 radical (unpaired) electrons. The van der Waals surface area contributed by atoms with Crippen LogP contribution in [-0.4, -0.2) is 9.97 Å². The molecular weight excluding hydrogens is 162 g/mol. The normalized spacial score (nSPS) is 8.36. The summed E-state index contributed by atoms with van der Waals surface area (Å²) < 4.78 is 0. The molecule has 0 aliphatic heterocycles. The SMILES string of the molecule is CC.Cc1cc(Cl)nc(N)n1. The van der Waals surface area contributed by atoms with Gasteiger partial charge in [0.25, 0.3) is 0 Å². The highest BCUT2D eigenvalue weighted by Gasteiger charge is 1.92. The molecule has 1 aromatic heterocycles. The lowest BCUT2D eigenvalue weighted by atomic mass is 10.5. The highest BCUT2D eigenvalue weighted by Crippen LogP contribution is 2.06. The first kappa shape index (κ1) is 10.2. The third-order valence-electron chi connectivity index (χ3n) is 0.840. The largest absolute Gasteiger partial charge is 0.368 e. The molecule has 0 saturated carbocycles. The van der Waals surface area contributed by atoms with Crippen LogP contribution in [0.5, 0.6) is 0 Å². The van der Waals surface area contributed by atoms with E-state index in [-0.39, 0.29) is 5.95 Å². The zero-order valence-electron chi connectivity index (χ0n) is 6.93. The Morgan fingerprint density at radius 2 is 1.91 bits per heavy atom. The van der Waals surface area contributed by atoms with Crippen LogP contribution in [0.2, 0.25) is 5.15 Å². The Morgan fingerprint density at radius 1 is 1.36 bits per heavy atom. The molecule has 0 aliphatic rings. The van der Waals surface area contributed by atoms with Crippen molar-refractivity contribution < 1.29 is 0 Å². The maximum absolute atomic E-state index is 5.52. The van der Waals surface area contributed by atoms with Crippen molar-refractivity contribution in [2.75, 3.05) is 5.73 Å². The molecule has 0 amide bonds. The number of nitrogens with two attached hydrogens (primary N) is 1. The van der Waals surface area contributed by atoms with E-state index in [1.165, 1.54) is 0 Å². The Labute approximate surface area is 71.6 Å². The first-order chi connectivity index (χ1) is 5.18. The molecule has 3 nitrogen and oxygen atoms in total. The molecule has 0 aromatic carbocycles. The van der Waals surface area contributed by atoms with Gasteiger partial charge >= 0.3 is 0 Å². The van der Waals surface area contributed by atoms with Gasteiger partial charge in [0.05, 0.1) is 0 Å². The molecule has 1 aromatic rings. The van der Waals surface area contributed by atoms with Crippen LogP contribution in [0, 0.1) is 6.92 Å². The van der Waals surface area contributed by atoms with Gasteiger partial charge in [0.2, 0.25) is 5.95 Å². The maximum Gasteiger partial charge on any atom is 0.221 e. The summed E-state index contributed by atoms with van der Waals surface area (Å²) in [4.78, 5) is 7.48. The second kappa shape index (κ2) is 4.91. The number of aromatic nitrogens is 2. The van der Waals surface area contributed by atoms with Crippen molar-refractivity contribution in [2.24, 2.45) is 0 Å². The average Bonchev–Trinajstić information content (AvgIpc) is 1.88. The van der Waals surface area contributed by atoms with E-state index in [4.69, 9.17) is 17.3 Å². The quantitative estimate of drug-likeness (QED) is 0.611. The van der Waals surface area contributed by atoms with E-state index in [0.717, 1.165) is 5.69 Å². The van der Waals surface area contributed by atoms with Crippen molar-refractivity contribution in [3.63, 3.8) is 0 Å². The molecule has 2 N–H and O–H groups in total.